The highest BCUT2D eigenvalue weighted by molar-refractivity contribution is 5.97. The van der Waals surface area contributed by atoms with Crippen molar-refractivity contribution in [2.45, 2.75) is 26.3 Å². The first-order chi connectivity index (χ1) is 16.9. The van der Waals surface area contributed by atoms with Crippen LogP contribution in [0.5, 0.6) is 0 Å². The average molecular weight is 474 g/mol. The second kappa shape index (κ2) is 10.8. The molecule has 4 rings (SSSR count). The zero-order valence-corrected chi connectivity index (χ0v) is 19.4. The third-order valence-electron chi connectivity index (χ3n) is 5.61. The van der Waals surface area contributed by atoms with Crippen molar-refractivity contribution in [3.63, 3.8) is 0 Å². The quantitative estimate of drug-likeness (QED) is 0.411. The maximum atomic E-state index is 12.5. The van der Waals surface area contributed by atoms with Crippen LogP contribution in [0.2, 0.25) is 0 Å². The van der Waals surface area contributed by atoms with Crippen LogP contribution in [0.3, 0.4) is 0 Å². The number of nitrogens with zero attached hydrogens (tertiary/aromatic N) is 2. The number of rotatable bonds is 9. The molecule has 0 radical (unpaired) electrons. The maximum Gasteiger partial charge on any atom is 0.271 e. The fourth-order valence-corrected chi connectivity index (χ4v) is 3.39. The van der Waals surface area contributed by atoms with Crippen LogP contribution in [0.4, 0.5) is 5.69 Å². The number of hydrogen-bond donors (Lipinski definition) is 3. The van der Waals surface area contributed by atoms with E-state index in [1.54, 1.807) is 24.3 Å². The first-order valence-corrected chi connectivity index (χ1v) is 11.5. The summed E-state index contributed by atoms with van der Waals surface area (Å²) >= 11 is 0. The van der Waals surface area contributed by atoms with Gasteiger partial charge in [0.25, 0.3) is 17.4 Å². The van der Waals surface area contributed by atoms with Crippen molar-refractivity contribution in [2.24, 2.45) is 5.92 Å². The zero-order chi connectivity index (χ0) is 24.8. The maximum absolute atomic E-state index is 12.5. The lowest BCUT2D eigenvalue weighted by atomic mass is 10.1. The minimum absolute atomic E-state index is 0.0120. The number of carbonyl (C=O) groups is 3. The Kier molecular flexibility index (Phi) is 7.35. The van der Waals surface area contributed by atoms with Gasteiger partial charge >= 0.3 is 0 Å². The van der Waals surface area contributed by atoms with Gasteiger partial charge in [-0.1, -0.05) is 29.8 Å². The Morgan fingerprint density at radius 3 is 2.20 bits per heavy atom. The van der Waals surface area contributed by atoms with Crippen molar-refractivity contribution < 1.29 is 14.4 Å². The highest BCUT2D eigenvalue weighted by Gasteiger charge is 2.29. The molecule has 3 aromatic rings. The Hall–Kier alpha value is -4.27. The van der Waals surface area contributed by atoms with Crippen LogP contribution in [0.25, 0.3) is 0 Å². The molecule has 1 aliphatic rings. The van der Waals surface area contributed by atoms with E-state index in [-0.39, 0.29) is 48.6 Å². The number of aromatic nitrogens is 2. The van der Waals surface area contributed by atoms with Gasteiger partial charge in [0.15, 0.2) is 0 Å². The summed E-state index contributed by atoms with van der Waals surface area (Å²) in [5, 5.41) is 12.4. The minimum Gasteiger partial charge on any atom is -0.350 e. The Balaban J connectivity index is 1.24. The van der Waals surface area contributed by atoms with Gasteiger partial charge in [0.1, 0.15) is 5.69 Å². The lowest BCUT2D eigenvalue weighted by Crippen LogP contribution is -2.36. The molecule has 1 aromatic heterocycles. The van der Waals surface area contributed by atoms with E-state index in [9.17, 15) is 19.2 Å². The number of carbonyl (C=O) groups excluding carboxylic acids is 3. The van der Waals surface area contributed by atoms with E-state index >= 15 is 0 Å². The van der Waals surface area contributed by atoms with E-state index in [2.05, 4.69) is 21.0 Å². The van der Waals surface area contributed by atoms with Gasteiger partial charge < -0.3 is 16.0 Å². The molecule has 1 aliphatic carbocycles. The highest BCUT2D eigenvalue weighted by Crippen LogP contribution is 2.30. The van der Waals surface area contributed by atoms with E-state index in [0.717, 1.165) is 24.0 Å². The monoisotopic (exact) mass is 473 g/mol. The fraction of sp³-hybridized carbons (Fsp3) is 0.269. The van der Waals surface area contributed by atoms with Crippen LogP contribution < -0.4 is 21.5 Å². The van der Waals surface area contributed by atoms with Gasteiger partial charge in [0.05, 0.1) is 6.54 Å². The standard InChI is InChI=1S/C26H27N5O4/c1-17-2-4-18(5-3-17)16-31-23(32)13-12-22(30-31)26(35)28-15-14-27-24(33)19-8-10-21(11-9-19)29-25(34)20-6-7-20/h2-5,8-13,20H,6-7,14-16H2,1H3,(H,27,33)(H,28,35)(H,29,34). The van der Waals surface area contributed by atoms with E-state index in [0.29, 0.717) is 11.3 Å². The fourth-order valence-electron chi connectivity index (χ4n) is 3.39. The molecule has 3 N–H and O–H groups in total. The SMILES string of the molecule is Cc1ccc(Cn2nc(C(=O)NCCNC(=O)c3ccc(NC(=O)C4CC4)cc3)ccc2=O)cc1. The molecule has 0 bridgehead atoms. The molecule has 2 aromatic carbocycles. The van der Waals surface area contributed by atoms with Gasteiger partial charge in [-0.05, 0) is 55.7 Å². The number of benzene rings is 2. The van der Waals surface area contributed by atoms with Crippen LogP contribution >= 0.6 is 0 Å². The lowest BCUT2D eigenvalue weighted by molar-refractivity contribution is -0.117. The predicted molar refractivity (Wildman–Crippen MR) is 131 cm³/mol. The predicted octanol–water partition coefficient (Wildman–Crippen LogP) is 2.11. The Bertz CT molecular complexity index is 1280. The normalized spacial score (nSPS) is 12.6. The number of anilines is 1. The second-order valence-electron chi connectivity index (χ2n) is 8.55. The van der Waals surface area contributed by atoms with E-state index in [1.807, 2.05) is 31.2 Å². The number of amides is 3. The van der Waals surface area contributed by atoms with Crippen molar-refractivity contribution >= 4 is 23.4 Å². The summed E-state index contributed by atoms with van der Waals surface area (Å²) in [5.74, 6) is -0.602. The Morgan fingerprint density at radius 2 is 1.54 bits per heavy atom. The number of hydrogen-bond acceptors (Lipinski definition) is 5. The van der Waals surface area contributed by atoms with Crippen molar-refractivity contribution in [1.82, 2.24) is 20.4 Å². The van der Waals surface area contributed by atoms with Crippen molar-refractivity contribution in [3.8, 4) is 0 Å². The smallest absolute Gasteiger partial charge is 0.271 e. The third kappa shape index (κ3) is 6.63. The van der Waals surface area contributed by atoms with Crippen LogP contribution in [0, 0.1) is 12.8 Å². The largest absolute Gasteiger partial charge is 0.350 e. The van der Waals surface area contributed by atoms with Gasteiger partial charge in [0.2, 0.25) is 5.91 Å². The first kappa shape index (κ1) is 23.9. The van der Waals surface area contributed by atoms with Crippen LogP contribution in [-0.4, -0.2) is 40.6 Å². The summed E-state index contributed by atoms with van der Waals surface area (Å²) < 4.78 is 1.25. The van der Waals surface area contributed by atoms with Crippen LogP contribution in [0.1, 0.15) is 44.8 Å². The van der Waals surface area contributed by atoms with Gasteiger partial charge in [-0.25, -0.2) is 4.68 Å². The molecule has 1 heterocycles. The van der Waals surface area contributed by atoms with Crippen molar-refractivity contribution in [2.75, 3.05) is 18.4 Å². The summed E-state index contributed by atoms with van der Waals surface area (Å²) in [5.41, 5.74) is 2.94. The molecule has 1 fully saturated rings. The molecule has 3 amide bonds. The molecule has 0 unspecified atom stereocenters. The lowest BCUT2D eigenvalue weighted by Gasteiger charge is -2.09. The summed E-state index contributed by atoms with van der Waals surface area (Å²) in [6.07, 6.45) is 1.85. The summed E-state index contributed by atoms with van der Waals surface area (Å²) in [6.45, 7) is 2.65. The summed E-state index contributed by atoms with van der Waals surface area (Å²) in [6, 6.07) is 17.1. The molecule has 35 heavy (non-hydrogen) atoms. The third-order valence-corrected chi connectivity index (χ3v) is 5.61. The van der Waals surface area contributed by atoms with Gasteiger partial charge in [0, 0.05) is 36.3 Å². The second-order valence-corrected chi connectivity index (χ2v) is 8.55. The van der Waals surface area contributed by atoms with Crippen LogP contribution in [-0.2, 0) is 11.3 Å². The zero-order valence-electron chi connectivity index (χ0n) is 19.4. The van der Waals surface area contributed by atoms with Crippen LogP contribution in [0.15, 0.2) is 65.5 Å². The topological polar surface area (TPSA) is 122 Å². The Labute approximate surface area is 202 Å². The Morgan fingerprint density at radius 1 is 0.886 bits per heavy atom. The molecule has 0 saturated heterocycles. The van der Waals surface area contributed by atoms with Crippen molar-refractivity contribution in [1.29, 1.82) is 0 Å². The molecule has 1 saturated carbocycles. The summed E-state index contributed by atoms with van der Waals surface area (Å²) in [7, 11) is 0. The van der Waals surface area contributed by atoms with E-state index in [1.165, 1.54) is 16.8 Å². The molecule has 0 aliphatic heterocycles. The molecular weight excluding hydrogens is 446 g/mol. The molecule has 0 spiro atoms. The summed E-state index contributed by atoms with van der Waals surface area (Å²) in [4.78, 5) is 48.7. The molecule has 9 nitrogen and oxygen atoms in total. The van der Waals surface area contributed by atoms with Gasteiger partial charge in [-0.15, -0.1) is 0 Å². The van der Waals surface area contributed by atoms with E-state index < -0.39 is 5.91 Å². The van der Waals surface area contributed by atoms with Gasteiger partial charge in [-0.2, -0.15) is 5.10 Å². The van der Waals surface area contributed by atoms with Gasteiger partial charge in [-0.3, -0.25) is 19.2 Å². The molecular formula is C26H27N5O4. The molecule has 9 heteroatoms. The van der Waals surface area contributed by atoms with Crippen molar-refractivity contribution in [3.05, 3.63) is 93.4 Å². The highest BCUT2D eigenvalue weighted by atomic mass is 16.2. The minimum atomic E-state index is -0.437. The average Bonchev–Trinajstić information content (AvgIpc) is 3.70. The molecule has 0 atom stereocenters. The number of nitrogens with one attached hydrogen (secondary N) is 3. The number of aryl methyl sites for hydroxylation is 1. The van der Waals surface area contributed by atoms with E-state index in [4.69, 9.17) is 0 Å². The first-order valence-electron chi connectivity index (χ1n) is 11.5. The molecule has 180 valence electrons.